The van der Waals surface area contributed by atoms with Gasteiger partial charge in [-0.2, -0.15) is 5.26 Å². The first kappa shape index (κ1) is 14.3. The zero-order valence-electron chi connectivity index (χ0n) is 10.3. The first-order chi connectivity index (χ1) is 9.02. The first-order valence-electron chi connectivity index (χ1n) is 6.01. The number of rotatable bonds is 3. The maximum atomic E-state index is 11.6. The smallest absolute Gasteiger partial charge is 0.235 e. The highest BCUT2D eigenvalue weighted by Gasteiger charge is 2.35. The van der Waals surface area contributed by atoms with Gasteiger partial charge in [0, 0.05) is 23.2 Å². The van der Waals surface area contributed by atoms with Crippen LogP contribution in [0.25, 0.3) is 0 Å². The lowest BCUT2D eigenvalue weighted by molar-refractivity contribution is 0.0577. The Morgan fingerprint density at radius 1 is 1.42 bits per heavy atom. The summed E-state index contributed by atoms with van der Waals surface area (Å²) in [5, 5.41) is 8.45. The van der Waals surface area contributed by atoms with Crippen molar-refractivity contribution in [3.8, 4) is 6.07 Å². The molecule has 0 bridgehead atoms. The Morgan fingerprint density at radius 2 is 2.16 bits per heavy atom. The van der Waals surface area contributed by atoms with Crippen LogP contribution in [-0.2, 0) is 20.2 Å². The van der Waals surface area contributed by atoms with Crippen LogP contribution in [0.1, 0.15) is 17.5 Å². The fourth-order valence-corrected chi connectivity index (χ4v) is 4.14. The predicted octanol–water partition coefficient (Wildman–Crippen LogP) is 2.07. The molecule has 0 unspecified atom stereocenters. The van der Waals surface area contributed by atoms with Gasteiger partial charge in [-0.1, -0.05) is 18.2 Å². The monoisotopic (exact) mass is 299 g/mol. The number of hydrogen-bond donors (Lipinski definition) is 0. The molecule has 1 aliphatic rings. The van der Waals surface area contributed by atoms with E-state index < -0.39 is 14.3 Å². The quantitative estimate of drug-likeness (QED) is 0.801. The second-order valence-corrected chi connectivity index (χ2v) is 7.46. The van der Waals surface area contributed by atoms with Crippen molar-refractivity contribution < 1.29 is 13.2 Å². The molecule has 2 rings (SSSR count). The van der Waals surface area contributed by atoms with Crippen LogP contribution in [0.3, 0.4) is 0 Å². The molecule has 1 heterocycles. The minimum atomic E-state index is -3.61. The summed E-state index contributed by atoms with van der Waals surface area (Å²) in [5.41, 5.74) is 1.41. The molecule has 2 atom stereocenters. The third-order valence-corrected chi connectivity index (χ3v) is 5.42. The average molecular weight is 300 g/mol. The topological polar surface area (TPSA) is 67.2 Å². The van der Waals surface area contributed by atoms with E-state index in [1.807, 2.05) is 12.1 Å². The van der Waals surface area contributed by atoms with Gasteiger partial charge in [0.15, 0.2) is 0 Å². The molecule has 0 spiro atoms. The molecule has 0 N–H and O–H groups in total. The van der Waals surface area contributed by atoms with Gasteiger partial charge in [0.05, 0.1) is 23.5 Å². The highest BCUT2D eigenvalue weighted by atomic mass is 35.7. The molecule has 1 fully saturated rings. The van der Waals surface area contributed by atoms with Crippen molar-refractivity contribution in [2.45, 2.75) is 18.1 Å². The lowest BCUT2D eigenvalue weighted by atomic mass is 9.91. The number of nitriles is 1. The second-order valence-electron chi connectivity index (χ2n) is 4.61. The number of ether oxygens (including phenoxy) is 1. The van der Waals surface area contributed by atoms with E-state index in [2.05, 4.69) is 6.07 Å². The Kier molecular flexibility index (Phi) is 4.46. The number of benzene rings is 1. The van der Waals surface area contributed by atoms with Crippen LogP contribution in [0.4, 0.5) is 0 Å². The van der Waals surface area contributed by atoms with Crippen LogP contribution in [0.15, 0.2) is 24.3 Å². The minimum absolute atomic E-state index is 0.203. The third-order valence-electron chi connectivity index (χ3n) is 3.39. The van der Waals surface area contributed by atoms with Crippen molar-refractivity contribution in [3.05, 3.63) is 35.4 Å². The Labute approximate surface area is 117 Å². The van der Waals surface area contributed by atoms with E-state index in [1.165, 1.54) is 0 Å². The van der Waals surface area contributed by atoms with E-state index in [-0.39, 0.29) is 5.92 Å². The minimum Gasteiger partial charge on any atom is -0.381 e. The van der Waals surface area contributed by atoms with Crippen molar-refractivity contribution in [3.63, 3.8) is 0 Å². The van der Waals surface area contributed by atoms with Gasteiger partial charge in [-0.3, -0.25) is 0 Å². The van der Waals surface area contributed by atoms with E-state index in [0.29, 0.717) is 31.6 Å². The van der Waals surface area contributed by atoms with Gasteiger partial charge in [0.25, 0.3) is 0 Å². The van der Waals surface area contributed by atoms with E-state index in [4.69, 9.17) is 20.7 Å². The Morgan fingerprint density at radius 3 is 2.84 bits per heavy atom. The summed E-state index contributed by atoms with van der Waals surface area (Å²) in [6.07, 6.45) is 0.894. The van der Waals surface area contributed by atoms with Crippen LogP contribution in [-0.4, -0.2) is 26.9 Å². The van der Waals surface area contributed by atoms with Gasteiger partial charge in [-0.25, -0.2) is 8.42 Å². The van der Waals surface area contributed by atoms with Gasteiger partial charge >= 0.3 is 0 Å². The molecular weight excluding hydrogens is 286 g/mol. The lowest BCUT2D eigenvalue weighted by Gasteiger charge is -2.29. The molecule has 0 saturated carbocycles. The first-order valence-corrected chi connectivity index (χ1v) is 8.39. The Balaban J connectivity index is 2.23. The highest BCUT2D eigenvalue weighted by Crippen LogP contribution is 2.28. The molecule has 1 aromatic carbocycles. The predicted molar refractivity (Wildman–Crippen MR) is 72.3 cm³/mol. The lowest BCUT2D eigenvalue weighted by Crippen LogP contribution is -2.37. The van der Waals surface area contributed by atoms with E-state index >= 15 is 0 Å². The Bertz CT molecular complexity index is 594. The average Bonchev–Trinajstić information content (AvgIpc) is 2.39. The third kappa shape index (κ3) is 3.47. The maximum Gasteiger partial charge on any atom is 0.235 e. The molecule has 4 nitrogen and oxygen atoms in total. The molecule has 0 radical (unpaired) electrons. The van der Waals surface area contributed by atoms with Gasteiger partial charge in [0.1, 0.15) is 0 Å². The van der Waals surface area contributed by atoms with Crippen molar-refractivity contribution in [1.29, 1.82) is 5.26 Å². The maximum absolute atomic E-state index is 11.6. The molecular formula is C13H14ClNO3S. The molecule has 1 aliphatic heterocycles. The van der Waals surface area contributed by atoms with E-state index in [9.17, 15) is 8.42 Å². The molecule has 0 amide bonds. The van der Waals surface area contributed by atoms with Crippen molar-refractivity contribution in [2.24, 2.45) is 5.92 Å². The van der Waals surface area contributed by atoms with Crippen LogP contribution >= 0.6 is 10.7 Å². The molecule has 6 heteroatoms. The van der Waals surface area contributed by atoms with Gasteiger partial charge in [-0.15, -0.1) is 0 Å². The fourth-order valence-electron chi connectivity index (χ4n) is 2.43. The molecule has 102 valence electrons. The summed E-state index contributed by atoms with van der Waals surface area (Å²) in [7, 11) is 1.89. The van der Waals surface area contributed by atoms with Crippen molar-refractivity contribution in [1.82, 2.24) is 0 Å². The normalized spacial score (nSPS) is 23.8. The van der Waals surface area contributed by atoms with Crippen LogP contribution in [0, 0.1) is 17.2 Å². The van der Waals surface area contributed by atoms with Gasteiger partial charge in [0.2, 0.25) is 9.05 Å². The van der Waals surface area contributed by atoms with Crippen molar-refractivity contribution >= 4 is 19.7 Å². The van der Waals surface area contributed by atoms with E-state index in [1.54, 1.807) is 12.1 Å². The standard InChI is InChI=1S/C13H14ClNO3S/c14-19(16,17)13-5-6-18-9-12(13)7-10-3-1-2-4-11(10)8-15/h1-4,12-13H,5-7,9H2/t12-,13-/m1/s1. The van der Waals surface area contributed by atoms with Crippen molar-refractivity contribution in [2.75, 3.05) is 13.2 Å². The summed E-state index contributed by atoms with van der Waals surface area (Å²) in [5.74, 6) is -0.203. The zero-order valence-corrected chi connectivity index (χ0v) is 11.8. The SMILES string of the molecule is N#Cc1ccccc1C[C@@H]1COCC[C@H]1S(=O)(=O)Cl. The largest absolute Gasteiger partial charge is 0.381 e. The summed E-state index contributed by atoms with van der Waals surface area (Å²) in [6.45, 7) is 0.767. The highest BCUT2D eigenvalue weighted by molar-refractivity contribution is 8.14. The molecule has 0 aromatic heterocycles. The van der Waals surface area contributed by atoms with Gasteiger partial charge in [-0.05, 0) is 24.5 Å². The summed E-state index contributed by atoms with van der Waals surface area (Å²) < 4.78 is 28.5. The van der Waals surface area contributed by atoms with Crippen LogP contribution < -0.4 is 0 Å². The molecule has 1 aromatic rings. The second kappa shape index (κ2) is 5.91. The number of nitrogens with zero attached hydrogens (tertiary/aromatic N) is 1. The van der Waals surface area contributed by atoms with Crippen LogP contribution in [0.2, 0.25) is 0 Å². The molecule has 1 saturated heterocycles. The number of hydrogen-bond acceptors (Lipinski definition) is 4. The zero-order chi connectivity index (χ0) is 13.9. The number of halogens is 1. The summed E-state index contributed by atoms with van der Waals surface area (Å²) in [4.78, 5) is 0. The molecule has 19 heavy (non-hydrogen) atoms. The van der Waals surface area contributed by atoms with E-state index in [0.717, 1.165) is 5.56 Å². The summed E-state index contributed by atoms with van der Waals surface area (Å²) in [6, 6.07) is 9.30. The van der Waals surface area contributed by atoms with Crippen LogP contribution in [0.5, 0.6) is 0 Å². The summed E-state index contributed by atoms with van der Waals surface area (Å²) >= 11 is 0. The van der Waals surface area contributed by atoms with Gasteiger partial charge < -0.3 is 4.74 Å². The molecule has 0 aliphatic carbocycles. The fraction of sp³-hybridized carbons (Fsp3) is 0.462. The Hall–Kier alpha value is -1.09.